The Bertz CT molecular complexity index is 473. The molecule has 0 spiro atoms. The van der Waals surface area contributed by atoms with E-state index < -0.39 is 0 Å². The van der Waals surface area contributed by atoms with Crippen molar-refractivity contribution in [3.63, 3.8) is 0 Å². The van der Waals surface area contributed by atoms with E-state index >= 15 is 0 Å². The molecule has 0 N–H and O–H groups in total. The molecule has 0 aromatic heterocycles. The number of allylic oxidation sites excluding steroid dienone is 2. The van der Waals surface area contributed by atoms with E-state index in [0.29, 0.717) is 5.92 Å². The van der Waals surface area contributed by atoms with Gasteiger partial charge in [0.25, 0.3) is 0 Å². The first-order chi connectivity index (χ1) is 9.66. The minimum absolute atomic E-state index is 0.141. The standard InChI is InChI=1S/C18H23BrO/c1-14(20)16-11-8-15(9-12-16)10-13-17-6-4-2-3-5-7-18(17)19/h7-9,11-12,17H,2-6,10,13H2,1H3. The van der Waals surface area contributed by atoms with Gasteiger partial charge in [0.15, 0.2) is 5.78 Å². The number of ketones is 1. The van der Waals surface area contributed by atoms with Crippen molar-refractivity contribution in [1.29, 1.82) is 0 Å². The van der Waals surface area contributed by atoms with Gasteiger partial charge in [0.1, 0.15) is 0 Å². The number of hydrogen-bond donors (Lipinski definition) is 0. The summed E-state index contributed by atoms with van der Waals surface area (Å²) < 4.78 is 1.40. The van der Waals surface area contributed by atoms with Crippen molar-refractivity contribution in [3.05, 3.63) is 46.0 Å². The molecule has 1 aliphatic rings. The maximum atomic E-state index is 11.3. The summed E-state index contributed by atoms with van der Waals surface area (Å²) in [4.78, 5) is 11.3. The number of carbonyl (C=O) groups is 1. The molecule has 1 nitrogen and oxygen atoms in total. The van der Waals surface area contributed by atoms with Crippen LogP contribution in [0.5, 0.6) is 0 Å². The fourth-order valence-corrected chi connectivity index (χ4v) is 3.47. The van der Waals surface area contributed by atoms with E-state index in [1.165, 1.54) is 48.6 Å². The fraction of sp³-hybridized carbons (Fsp3) is 0.500. The third kappa shape index (κ3) is 4.59. The molecular weight excluding hydrogens is 312 g/mol. The molecule has 0 bridgehead atoms. The Morgan fingerprint density at radius 2 is 1.95 bits per heavy atom. The Kier molecular flexibility index (Phi) is 6.03. The van der Waals surface area contributed by atoms with Crippen LogP contribution in [-0.2, 0) is 6.42 Å². The average molecular weight is 335 g/mol. The maximum absolute atomic E-state index is 11.3. The SMILES string of the molecule is CC(=O)c1ccc(CCC2CCCCCC=C2Br)cc1. The topological polar surface area (TPSA) is 17.1 Å². The Hall–Kier alpha value is -0.890. The lowest BCUT2D eigenvalue weighted by atomic mass is 9.91. The summed E-state index contributed by atoms with van der Waals surface area (Å²) in [5.74, 6) is 0.810. The second-order valence-electron chi connectivity index (χ2n) is 5.72. The van der Waals surface area contributed by atoms with Crippen LogP contribution in [-0.4, -0.2) is 5.78 Å². The zero-order chi connectivity index (χ0) is 14.4. The van der Waals surface area contributed by atoms with Gasteiger partial charge >= 0.3 is 0 Å². The van der Waals surface area contributed by atoms with E-state index in [1.54, 1.807) is 6.92 Å². The number of benzene rings is 1. The number of halogens is 1. The smallest absolute Gasteiger partial charge is 0.159 e. The molecule has 0 saturated carbocycles. The average Bonchev–Trinajstić information content (AvgIpc) is 2.43. The van der Waals surface area contributed by atoms with Crippen LogP contribution in [0.4, 0.5) is 0 Å². The molecule has 1 aromatic carbocycles. The van der Waals surface area contributed by atoms with E-state index in [-0.39, 0.29) is 5.78 Å². The molecule has 1 aromatic rings. The highest BCUT2D eigenvalue weighted by atomic mass is 79.9. The predicted molar refractivity (Wildman–Crippen MR) is 88.4 cm³/mol. The Labute approximate surface area is 130 Å². The molecule has 0 radical (unpaired) electrons. The third-order valence-electron chi connectivity index (χ3n) is 4.13. The number of hydrogen-bond acceptors (Lipinski definition) is 1. The molecule has 0 heterocycles. The first-order valence-corrected chi connectivity index (χ1v) is 8.41. The van der Waals surface area contributed by atoms with Gasteiger partial charge in [-0.3, -0.25) is 4.79 Å². The molecular formula is C18H23BrO. The summed E-state index contributed by atoms with van der Waals surface area (Å²) in [6.45, 7) is 1.62. The maximum Gasteiger partial charge on any atom is 0.159 e. The molecule has 0 aliphatic heterocycles. The summed E-state index contributed by atoms with van der Waals surface area (Å²) in [7, 11) is 0. The van der Waals surface area contributed by atoms with Crippen LogP contribution in [0.1, 0.15) is 61.4 Å². The van der Waals surface area contributed by atoms with E-state index in [1.807, 2.05) is 12.1 Å². The Balaban J connectivity index is 1.93. The van der Waals surface area contributed by atoms with Crippen molar-refractivity contribution in [2.45, 2.75) is 51.9 Å². The highest BCUT2D eigenvalue weighted by Crippen LogP contribution is 2.31. The molecule has 0 fully saturated rings. The van der Waals surface area contributed by atoms with Crippen LogP contribution < -0.4 is 0 Å². The Morgan fingerprint density at radius 1 is 1.20 bits per heavy atom. The third-order valence-corrected chi connectivity index (χ3v) is 5.10. The lowest BCUT2D eigenvalue weighted by Crippen LogP contribution is -2.05. The van der Waals surface area contributed by atoms with Gasteiger partial charge in [-0.2, -0.15) is 0 Å². The van der Waals surface area contributed by atoms with Crippen LogP contribution in [0.15, 0.2) is 34.8 Å². The van der Waals surface area contributed by atoms with Gasteiger partial charge in [-0.1, -0.05) is 59.1 Å². The van der Waals surface area contributed by atoms with Crippen molar-refractivity contribution in [2.75, 3.05) is 0 Å². The monoisotopic (exact) mass is 334 g/mol. The van der Waals surface area contributed by atoms with Crippen molar-refractivity contribution >= 4 is 21.7 Å². The first-order valence-electron chi connectivity index (χ1n) is 7.62. The van der Waals surface area contributed by atoms with Crippen molar-refractivity contribution < 1.29 is 4.79 Å². The van der Waals surface area contributed by atoms with Crippen molar-refractivity contribution in [1.82, 2.24) is 0 Å². The summed E-state index contributed by atoms with van der Waals surface area (Å²) in [5.41, 5.74) is 2.14. The van der Waals surface area contributed by atoms with E-state index in [0.717, 1.165) is 12.0 Å². The molecule has 0 saturated heterocycles. The van der Waals surface area contributed by atoms with Gasteiger partial charge in [-0.15, -0.1) is 0 Å². The molecule has 20 heavy (non-hydrogen) atoms. The molecule has 1 unspecified atom stereocenters. The summed E-state index contributed by atoms with van der Waals surface area (Å²) in [5, 5.41) is 0. The van der Waals surface area contributed by atoms with Crippen LogP contribution in [0.25, 0.3) is 0 Å². The lowest BCUT2D eigenvalue weighted by Gasteiger charge is -2.19. The number of rotatable bonds is 4. The van der Waals surface area contributed by atoms with Gasteiger partial charge < -0.3 is 0 Å². The quantitative estimate of drug-likeness (QED) is 0.647. The van der Waals surface area contributed by atoms with E-state index in [2.05, 4.69) is 34.1 Å². The van der Waals surface area contributed by atoms with Gasteiger partial charge in [0.2, 0.25) is 0 Å². The number of aryl methyl sites for hydroxylation is 1. The molecule has 1 atom stereocenters. The summed E-state index contributed by atoms with van der Waals surface area (Å²) >= 11 is 3.76. The first kappa shape index (κ1) is 15.5. The van der Waals surface area contributed by atoms with E-state index in [9.17, 15) is 4.79 Å². The molecule has 0 amide bonds. The minimum atomic E-state index is 0.141. The normalized spacial score (nSPS) is 19.9. The van der Waals surface area contributed by atoms with Crippen molar-refractivity contribution in [2.24, 2.45) is 5.92 Å². The highest BCUT2D eigenvalue weighted by molar-refractivity contribution is 9.11. The Morgan fingerprint density at radius 3 is 2.65 bits per heavy atom. The van der Waals surface area contributed by atoms with Gasteiger partial charge in [-0.25, -0.2) is 0 Å². The second kappa shape index (κ2) is 7.78. The lowest BCUT2D eigenvalue weighted by molar-refractivity contribution is 0.101. The molecule has 2 heteroatoms. The fourth-order valence-electron chi connectivity index (χ4n) is 2.79. The molecule has 108 valence electrons. The van der Waals surface area contributed by atoms with E-state index in [4.69, 9.17) is 0 Å². The highest BCUT2D eigenvalue weighted by Gasteiger charge is 2.14. The number of Topliss-reactive ketones (excluding diaryl/α,β-unsaturated/α-hetero) is 1. The number of carbonyl (C=O) groups excluding carboxylic acids is 1. The van der Waals surface area contributed by atoms with Gasteiger partial charge in [0, 0.05) is 5.56 Å². The van der Waals surface area contributed by atoms with Crippen molar-refractivity contribution in [3.8, 4) is 0 Å². The second-order valence-corrected chi connectivity index (χ2v) is 6.63. The van der Waals surface area contributed by atoms with Crippen LogP contribution in [0.2, 0.25) is 0 Å². The largest absolute Gasteiger partial charge is 0.295 e. The van der Waals surface area contributed by atoms with Gasteiger partial charge in [-0.05, 0) is 55.0 Å². The minimum Gasteiger partial charge on any atom is -0.295 e. The molecule has 1 aliphatic carbocycles. The van der Waals surface area contributed by atoms with Crippen LogP contribution in [0.3, 0.4) is 0 Å². The van der Waals surface area contributed by atoms with Crippen LogP contribution >= 0.6 is 15.9 Å². The zero-order valence-electron chi connectivity index (χ0n) is 12.2. The molecule has 2 rings (SSSR count). The predicted octanol–water partition coefficient (Wildman–Crippen LogP) is 5.68. The van der Waals surface area contributed by atoms with Crippen LogP contribution in [0, 0.1) is 5.92 Å². The summed E-state index contributed by atoms with van der Waals surface area (Å²) in [6.07, 6.45) is 11.2. The van der Waals surface area contributed by atoms with Gasteiger partial charge in [0.05, 0.1) is 0 Å². The zero-order valence-corrected chi connectivity index (χ0v) is 13.8. The summed E-state index contributed by atoms with van der Waals surface area (Å²) in [6, 6.07) is 8.08.